The Hall–Kier alpha value is -1.84. The molecular formula is C19H22ClN2O+. The van der Waals surface area contributed by atoms with Crippen molar-refractivity contribution in [3.05, 3.63) is 70.2 Å². The highest BCUT2D eigenvalue weighted by molar-refractivity contribution is 6.30. The number of amides is 1. The lowest BCUT2D eigenvalue weighted by Gasteiger charge is -2.25. The first-order valence-corrected chi connectivity index (χ1v) is 8.50. The van der Waals surface area contributed by atoms with Gasteiger partial charge in [-0.3, -0.25) is 4.79 Å². The summed E-state index contributed by atoms with van der Waals surface area (Å²) in [6.07, 6.45) is 1.89. The fraction of sp³-hybridized carbons (Fsp3) is 0.316. The second-order valence-corrected chi connectivity index (χ2v) is 6.54. The van der Waals surface area contributed by atoms with Crippen molar-refractivity contribution in [2.24, 2.45) is 0 Å². The van der Waals surface area contributed by atoms with E-state index in [0.29, 0.717) is 13.1 Å². The monoisotopic (exact) mass is 329 g/mol. The average Bonchev–Trinajstić information content (AvgIpc) is 2.56. The van der Waals surface area contributed by atoms with E-state index in [2.05, 4.69) is 29.6 Å². The molecule has 23 heavy (non-hydrogen) atoms. The Morgan fingerprint density at radius 3 is 2.61 bits per heavy atom. The third-order valence-corrected chi connectivity index (χ3v) is 4.62. The molecule has 0 saturated heterocycles. The SMILES string of the molecule is O=C(C[NH+]1CCc2ccccc2C1)NCCc1ccc(Cl)cc1. The molecule has 1 aliphatic rings. The molecule has 0 aliphatic carbocycles. The predicted molar refractivity (Wildman–Crippen MR) is 92.7 cm³/mol. The zero-order valence-electron chi connectivity index (χ0n) is 13.1. The van der Waals surface area contributed by atoms with Gasteiger partial charge in [0, 0.05) is 23.6 Å². The molecule has 0 spiro atoms. The summed E-state index contributed by atoms with van der Waals surface area (Å²) in [4.78, 5) is 13.5. The van der Waals surface area contributed by atoms with Crippen LogP contribution < -0.4 is 10.2 Å². The van der Waals surface area contributed by atoms with Gasteiger partial charge in [-0.1, -0.05) is 48.0 Å². The van der Waals surface area contributed by atoms with Gasteiger partial charge < -0.3 is 10.2 Å². The largest absolute Gasteiger partial charge is 0.351 e. The molecule has 2 N–H and O–H groups in total. The smallest absolute Gasteiger partial charge is 0.275 e. The minimum absolute atomic E-state index is 0.133. The van der Waals surface area contributed by atoms with Crippen LogP contribution in [0.4, 0.5) is 0 Å². The first-order chi connectivity index (χ1) is 11.2. The van der Waals surface area contributed by atoms with E-state index < -0.39 is 0 Å². The quantitative estimate of drug-likeness (QED) is 0.859. The maximum Gasteiger partial charge on any atom is 0.275 e. The van der Waals surface area contributed by atoms with Crippen LogP contribution in [0.1, 0.15) is 16.7 Å². The molecule has 0 fully saturated rings. The molecule has 0 radical (unpaired) electrons. The molecule has 2 aromatic carbocycles. The van der Waals surface area contributed by atoms with E-state index in [4.69, 9.17) is 11.6 Å². The van der Waals surface area contributed by atoms with Gasteiger partial charge in [-0.15, -0.1) is 0 Å². The number of nitrogens with one attached hydrogen (secondary N) is 2. The highest BCUT2D eigenvalue weighted by Crippen LogP contribution is 2.10. The Morgan fingerprint density at radius 1 is 1.09 bits per heavy atom. The Bertz CT molecular complexity index is 669. The molecule has 1 unspecified atom stereocenters. The summed E-state index contributed by atoms with van der Waals surface area (Å²) in [6, 6.07) is 16.3. The van der Waals surface area contributed by atoms with Gasteiger partial charge >= 0.3 is 0 Å². The van der Waals surface area contributed by atoms with Crippen LogP contribution in [0.25, 0.3) is 0 Å². The zero-order valence-corrected chi connectivity index (χ0v) is 13.9. The molecule has 1 heterocycles. The van der Waals surface area contributed by atoms with Crippen LogP contribution in [0.3, 0.4) is 0 Å². The fourth-order valence-corrected chi connectivity index (χ4v) is 3.21. The van der Waals surface area contributed by atoms with Crippen LogP contribution >= 0.6 is 11.6 Å². The van der Waals surface area contributed by atoms with Crippen molar-refractivity contribution >= 4 is 17.5 Å². The Balaban J connectivity index is 1.42. The molecule has 4 heteroatoms. The molecule has 1 atom stereocenters. The van der Waals surface area contributed by atoms with E-state index in [-0.39, 0.29) is 5.91 Å². The fourth-order valence-electron chi connectivity index (χ4n) is 3.08. The number of benzene rings is 2. The Morgan fingerprint density at radius 2 is 1.83 bits per heavy atom. The predicted octanol–water partition coefficient (Wildman–Crippen LogP) is 1.64. The van der Waals surface area contributed by atoms with Crippen LogP contribution in [0, 0.1) is 0 Å². The minimum Gasteiger partial charge on any atom is -0.351 e. The van der Waals surface area contributed by atoms with Crippen molar-refractivity contribution in [1.29, 1.82) is 0 Å². The van der Waals surface area contributed by atoms with Gasteiger partial charge in [0.25, 0.3) is 5.91 Å². The van der Waals surface area contributed by atoms with Crippen LogP contribution in [-0.4, -0.2) is 25.5 Å². The van der Waals surface area contributed by atoms with E-state index in [1.165, 1.54) is 21.6 Å². The van der Waals surface area contributed by atoms with Crippen molar-refractivity contribution < 1.29 is 9.69 Å². The van der Waals surface area contributed by atoms with E-state index >= 15 is 0 Å². The molecule has 0 saturated carbocycles. The molecule has 0 aromatic heterocycles. The van der Waals surface area contributed by atoms with Crippen molar-refractivity contribution in [2.75, 3.05) is 19.6 Å². The molecule has 1 amide bonds. The minimum atomic E-state index is 0.133. The number of hydrogen-bond acceptors (Lipinski definition) is 1. The summed E-state index contributed by atoms with van der Waals surface area (Å²) in [6.45, 7) is 3.20. The summed E-state index contributed by atoms with van der Waals surface area (Å²) in [7, 11) is 0. The maximum absolute atomic E-state index is 12.1. The van der Waals surface area contributed by atoms with Crippen molar-refractivity contribution in [2.45, 2.75) is 19.4 Å². The lowest BCUT2D eigenvalue weighted by Crippen LogP contribution is -3.12. The van der Waals surface area contributed by atoms with Crippen LogP contribution in [-0.2, 0) is 24.2 Å². The number of carbonyl (C=O) groups excluding carboxylic acids is 1. The van der Waals surface area contributed by atoms with Gasteiger partial charge in [-0.25, -0.2) is 0 Å². The summed E-state index contributed by atoms with van der Waals surface area (Å²) in [5.74, 6) is 0.133. The van der Waals surface area contributed by atoms with Gasteiger partial charge in [-0.05, 0) is 29.7 Å². The summed E-state index contributed by atoms with van der Waals surface area (Å²) >= 11 is 5.87. The van der Waals surface area contributed by atoms with Gasteiger partial charge in [0.1, 0.15) is 6.54 Å². The van der Waals surface area contributed by atoms with E-state index in [1.54, 1.807) is 0 Å². The standard InChI is InChI=1S/C19H21ClN2O/c20-18-7-5-15(6-8-18)9-11-21-19(23)14-22-12-10-16-3-1-2-4-17(16)13-22/h1-8H,9-14H2,(H,21,23)/p+1. The van der Waals surface area contributed by atoms with Crippen molar-refractivity contribution in [1.82, 2.24) is 5.32 Å². The summed E-state index contributed by atoms with van der Waals surface area (Å²) in [5.41, 5.74) is 4.00. The van der Waals surface area contributed by atoms with E-state index in [0.717, 1.165) is 31.0 Å². The number of quaternary nitrogens is 1. The van der Waals surface area contributed by atoms with Crippen LogP contribution in [0.5, 0.6) is 0 Å². The number of carbonyl (C=O) groups is 1. The topological polar surface area (TPSA) is 33.5 Å². The third-order valence-electron chi connectivity index (χ3n) is 4.37. The number of hydrogen-bond donors (Lipinski definition) is 2. The first-order valence-electron chi connectivity index (χ1n) is 8.12. The number of fused-ring (bicyclic) bond motifs is 1. The van der Waals surface area contributed by atoms with Gasteiger partial charge in [-0.2, -0.15) is 0 Å². The van der Waals surface area contributed by atoms with Gasteiger partial charge in [0.2, 0.25) is 0 Å². The molecule has 120 valence electrons. The van der Waals surface area contributed by atoms with Crippen LogP contribution in [0.15, 0.2) is 48.5 Å². The lowest BCUT2D eigenvalue weighted by atomic mass is 10.00. The maximum atomic E-state index is 12.1. The molecule has 3 nitrogen and oxygen atoms in total. The summed E-state index contributed by atoms with van der Waals surface area (Å²) < 4.78 is 0. The first kappa shape index (κ1) is 16.0. The average molecular weight is 330 g/mol. The highest BCUT2D eigenvalue weighted by atomic mass is 35.5. The number of halogens is 1. The van der Waals surface area contributed by atoms with Crippen LogP contribution in [0.2, 0.25) is 5.02 Å². The molecule has 3 rings (SSSR count). The Kier molecular flexibility index (Phi) is 5.31. The highest BCUT2D eigenvalue weighted by Gasteiger charge is 2.20. The number of rotatable bonds is 5. The molecule has 0 bridgehead atoms. The Labute approximate surface area is 142 Å². The second kappa shape index (κ2) is 7.62. The molecule has 2 aromatic rings. The van der Waals surface area contributed by atoms with Crippen molar-refractivity contribution in [3.63, 3.8) is 0 Å². The van der Waals surface area contributed by atoms with Crippen molar-refractivity contribution in [3.8, 4) is 0 Å². The summed E-state index contributed by atoms with van der Waals surface area (Å²) in [5, 5.41) is 3.77. The zero-order chi connectivity index (χ0) is 16.1. The third kappa shape index (κ3) is 4.57. The normalized spacial score (nSPS) is 16.7. The lowest BCUT2D eigenvalue weighted by molar-refractivity contribution is -0.908. The second-order valence-electron chi connectivity index (χ2n) is 6.10. The molecule has 1 aliphatic heterocycles. The van der Waals surface area contributed by atoms with Gasteiger partial charge in [0.15, 0.2) is 6.54 Å². The van der Waals surface area contributed by atoms with E-state index in [9.17, 15) is 4.79 Å². The van der Waals surface area contributed by atoms with E-state index in [1.807, 2.05) is 24.3 Å². The van der Waals surface area contributed by atoms with Gasteiger partial charge in [0.05, 0.1) is 6.54 Å². The molecular weight excluding hydrogens is 308 g/mol.